The fraction of sp³-hybridized carbons (Fsp3) is 0.214. The van der Waals surface area contributed by atoms with Gasteiger partial charge in [0.25, 0.3) is 0 Å². The average molecular weight is 514 g/mol. The number of carbonyl (C=O) groups is 1. The van der Waals surface area contributed by atoms with Crippen LogP contribution in [0.1, 0.15) is 59.0 Å². The number of aromatic nitrogens is 1. The van der Waals surface area contributed by atoms with Crippen molar-refractivity contribution >= 4 is 28.5 Å². The summed E-state index contributed by atoms with van der Waals surface area (Å²) in [5, 5.41) is 10.3. The smallest absolute Gasteiger partial charge is 0.433 e. The lowest BCUT2D eigenvalue weighted by Gasteiger charge is -2.29. The van der Waals surface area contributed by atoms with Crippen molar-refractivity contribution in [3.05, 3.63) is 106 Å². The minimum Gasteiger partial charge on any atom is -0.484 e. The average Bonchev–Trinajstić information content (AvgIpc) is 2.86. The quantitative estimate of drug-likeness (QED) is 0.257. The highest BCUT2D eigenvalue weighted by atomic mass is 35.5. The molecular formula is C28H23ClF3NO3. The largest absolute Gasteiger partial charge is 0.484 e. The molecule has 0 aliphatic heterocycles. The molecule has 0 bridgehead atoms. The van der Waals surface area contributed by atoms with Gasteiger partial charge in [-0.05, 0) is 53.9 Å². The zero-order valence-corrected chi connectivity index (χ0v) is 20.1. The fourth-order valence-electron chi connectivity index (χ4n) is 4.23. The van der Waals surface area contributed by atoms with Gasteiger partial charge in [0.05, 0.1) is 11.1 Å². The van der Waals surface area contributed by atoms with Crippen LogP contribution in [0.3, 0.4) is 0 Å². The number of aromatic carboxylic acids is 1. The van der Waals surface area contributed by atoms with Gasteiger partial charge in [0, 0.05) is 22.4 Å². The predicted molar refractivity (Wildman–Crippen MR) is 133 cm³/mol. The molecule has 0 spiro atoms. The van der Waals surface area contributed by atoms with E-state index >= 15 is 0 Å². The molecule has 0 amide bonds. The van der Waals surface area contributed by atoms with Crippen molar-refractivity contribution in [1.82, 2.24) is 4.98 Å². The Morgan fingerprint density at radius 2 is 1.64 bits per heavy atom. The van der Waals surface area contributed by atoms with Gasteiger partial charge in [-0.15, -0.1) is 0 Å². The molecule has 0 aliphatic carbocycles. The van der Waals surface area contributed by atoms with E-state index in [1.54, 1.807) is 54.6 Å². The molecule has 0 fully saturated rings. The molecule has 1 aromatic heterocycles. The zero-order valence-electron chi connectivity index (χ0n) is 19.3. The van der Waals surface area contributed by atoms with Crippen molar-refractivity contribution in [2.75, 3.05) is 0 Å². The minimum absolute atomic E-state index is 0.0659. The van der Waals surface area contributed by atoms with Crippen LogP contribution in [0.15, 0.2) is 78.9 Å². The number of ether oxygens (including phenoxy) is 1. The summed E-state index contributed by atoms with van der Waals surface area (Å²) in [6.07, 6.45) is -3.91. The van der Waals surface area contributed by atoms with Gasteiger partial charge in [-0.2, -0.15) is 13.2 Å². The second-order valence-electron chi connectivity index (χ2n) is 8.43. The summed E-state index contributed by atoms with van der Waals surface area (Å²) in [6, 6.07) is 20.9. The first-order valence-corrected chi connectivity index (χ1v) is 11.8. The Labute approximate surface area is 211 Å². The number of alkyl halides is 3. The Bertz CT molecular complexity index is 1360. The van der Waals surface area contributed by atoms with Crippen LogP contribution >= 0.6 is 11.6 Å². The molecule has 0 unspecified atom stereocenters. The SMILES string of the molecule is CCC[C@H](c1ccc(C(=O)O)cc1)[C@@H](Oc1cc(C(F)(F)F)nc2ccccc12)c1ccc(Cl)cc1. The van der Waals surface area contributed by atoms with Crippen molar-refractivity contribution < 1.29 is 27.8 Å². The summed E-state index contributed by atoms with van der Waals surface area (Å²) in [7, 11) is 0. The highest BCUT2D eigenvalue weighted by molar-refractivity contribution is 6.30. The maximum atomic E-state index is 13.7. The molecule has 2 atom stereocenters. The van der Waals surface area contributed by atoms with Crippen LogP contribution in [0.25, 0.3) is 10.9 Å². The summed E-state index contributed by atoms with van der Waals surface area (Å²) in [5.41, 5.74) is 0.831. The molecule has 186 valence electrons. The fourth-order valence-corrected chi connectivity index (χ4v) is 4.36. The second kappa shape index (κ2) is 10.6. The number of pyridine rings is 1. The Kier molecular flexibility index (Phi) is 7.50. The summed E-state index contributed by atoms with van der Waals surface area (Å²) in [6.45, 7) is 2.00. The van der Waals surface area contributed by atoms with Crippen LogP contribution in [0, 0.1) is 0 Å². The van der Waals surface area contributed by atoms with Crippen LogP contribution in [0.4, 0.5) is 13.2 Å². The first kappa shape index (κ1) is 25.5. The number of benzene rings is 3. The van der Waals surface area contributed by atoms with Crippen LogP contribution in [0.5, 0.6) is 5.75 Å². The van der Waals surface area contributed by atoms with E-state index in [-0.39, 0.29) is 22.7 Å². The van der Waals surface area contributed by atoms with Crippen LogP contribution in [-0.2, 0) is 6.18 Å². The third-order valence-corrected chi connectivity index (χ3v) is 6.22. The maximum absolute atomic E-state index is 13.7. The Morgan fingerprint density at radius 1 is 1.00 bits per heavy atom. The number of hydrogen-bond donors (Lipinski definition) is 1. The second-order valence-corrected chi connectivity index (χ2v) is 8.87. The van der Waals surface area contributed by atoms with E-state index in [9.17, 15) is 23.1 Å². The summed E-state index contributed by atoms with van der Waals surface area (Å²) >= 11 is 6.10. The lowest BCUT2D eigenvalue weighted by molar-refractivity contribution is -0.141. The Hall–Kier alpha value is -3.58. The Morgan fingerprint density at radius 3 is 2.25 bits per heavy atom. The van der Waals surface area contributed by atoms with E-state index in [2.05, 4.69) is 4.98 Å². The van der Waals surface area contributed by atoms with Crippen molar-refractivity contribution in [2.45, 2.75) is 38.0 Å². The van der Waals surface area contributed by atoms with E-state index < -0.39 is 23.9 Å². The number of nitrogens with zero attached hydrogens (tertiary/aromatic N) is 1. The highest BCUT2D eigenvalue weighted by Gasteiger charge is 2.35. The molecule has 1 heterocycles. The van der Waals surface area contributed by atoms with E-state index in [1.807, 2.05) is 6.92 Å². The first-order valence-electron chi connectivity index (χ1n) is 11.4. The number of fused-ring (bicyclic) bond motifs is 1. The molecule has 4 rings (SSSR count). The molecular weight excluding hydrogens is 491 g/mol. The van der Waals surface area contributed by atoms with Gasteiger partial charge in [0.2, 0.25) is 0 Å². The maximum Gasteiger partial charge on any atom is 0.433 e. The van der Waals surface area contributed by atoms with Gasteiger partial charge in [0.1, 0.15) is 17.5 Å². The first-order chi connectivity index (χ1) is 17.2. The molecule has 8 heteroatoms. The van der Waals surface area contributed by atoms with Crippen LogP contribution in [-0.4, -0.2) is 16.1 Å². The zero-order chi connectivity index (χ0) is 25.9. The van der Waals surface area contributed by atoms with Crippen molar-refractivity contribution in [3.8, 4) is 5.75 Å². The monoisotopic (exact) mass is 513 g/mol. The predicted octanol–water partition coefficient (Wildman–Crippen LogP) is 8.31. The van der Waals surface area contributed by atoms with Gasteiger partial charge < -0.3 is 9.84 Å². The number of para-hydroxylation sites is 1. The standard InChI is InChI=1S/C28H23ClF3NO3/c1-2-5-21(17-8-10-19(11-9-17)27(34)35)26(18-12-14-20(29)15-13-18)36-24-16-25(28(30,31)32)33-23-7-4-3-6-22(23)24/h3-4,6-16,21,26H,2,5H2,1H3,(H,34,35)/t21-,26+/m1/s1. The lowest BCUT2D eigenvalue weighted by Crippen LogP contribution is -2.19. The van der Waals surface area contributed by atoms with Crippen LogP contribution < -0.4 is 4.74 Å². The van der Waals surface area contributed by atoms with Gasteiger partial charge >= 0.3 is 12.1 Å². The third-order valence-electron chi connectivity index (χ3n) is 5.97. The van der Waals surface area contributed by atoms with Gasteiger partial charge in [0.15, 0.2) is 0 Å². The molecule has 36 heavy (non-hydrogen) atoms. The normalized spacial score (nSPS) is 13.4. The third kappa shape index (κ3) is 5.62. The van der Waals surface area contributed by atoms with E-state index in [1.165, 1.54) is 18.2 Å². The number of hydrogen-bond acceptors (Lipinski definition) is 3. The van der Waals surface area contributed by atoms with Crippen molar-refractivity contribution in [1.29, 1.82) is 0 Å². The minimum atomic E-state index is -4.65. The molecule has 1 N–H and O–H groups in total. The van der Waals surface area contributed by atoms with Crippen LogP contribution in [0.2, 0.25) is 5.02 Å². The molecule has 0 radical (unpaired) electrons. The number of carboxylic acids is 1. The summed E-state index contributed by atoms with van der Waals surface area (Å²) in [5.74, 6) is -1.25. The molecule has 4 aromatic rings. The topological polar surface area (TPSA) is 59.4 Å². The molecule has 0 saturated heterocycles. The molecule has 0 saturated carbocycles. The lowest BCUT2D eigenvalue weighted by atomic mass is 9.85. The summed E-state index contributed by atoms with van der Waals surface area (Å²) in [4.78, 5) is 15.1. The number of carboxylic acid groups (broad SMARTS) is 1. The van der Waals surface area contributed by atoms with Gasteiger partial charge in [-0.25, -0.2) is 9.78 Å². The van der Waals surface area contributed by atoms with E-state index in [0.29, 0.717) is 16.8 Å². The number of halogens is 4. The van der Waals surface area contributed by atoms with Crippen molar-refractivity contribution in [2.24, 2.45) is 0 Å². The number of rotatable bonds is 8. The van der Waals surface area contributed by atoms with Gasteiger partial charge in [-0.1, -0.05) is 61.3 Å². The molecule has 0 aliphatic rings. The van der Waals surface area contributed by atoms with Crippen molar-refractivity contribution in [3.63, 3.8) is 0 Å². The van der Waals surface area contributed by atoms with E-state index in [4.69, 9.17) is 16.3 Å². The van der Waals surface area contributed by atoms with E-state index in [0.717, 1.165) is 23.6 Å². The summed E-state index contributed by atoms with van der Waals surface area (Å²) < 4.78 is 47.4. The molecule has 3 aromatic carbocycles. The highest BCUT2D eigenvalue weighted by Crippen LogP contribution is 2.42. The van der Waals surface area contributed by atoms with Gasteiger partial charge in [-0.3, -0.25) is 0 Å². The Balaban J connectivity index is 1.86. The molecule has 4 nitrogen and oxygen atoms in total.